The largest absolute Gasteiger partial charge is 0.490 e. The first-order valence-electron chi connectivity index (χ1n) is 10.7. The van der Waals surface area contributed by atoms with E-state index in [1.165, 1.54) is 0 Å². The molecule has 1 saturated heterocycles. The molecule has 0 radical (unpaired) electrons. The zero-order chi connectivity index (χ0) is 24.8. The Morgan fingerprint density at radius 2 is 1.80 bits per heavy atom. The molecular weight excluding hydrogens is 507 g/mol. The summed E-state index contributed by atoms with van der Waals surface area (Å²) in [6, 6.07) is 19.2. The van der Waals surface area contributed by atoms with Crippen LogP contribution in [0.2, 0.25) is 10.0 Å². The van der Waals surface area contributed by atoms with Crippen LogP contribution in [-0.4, -0.2) is 23.6 Å². The Morgan fingerprint density at radius 3 is 2.54 bits per heavy atom. The van der Waals surface area contributed by atoms with E-state index in [4.69, 9.17) is 32.7 Å². The van der Waals surface area contributed by atoms with Gasteiger partial charge in [0.25, 0.3) is 11.8 Å². The number of carbonyl (C=O) groups excluding carboxylic acids is 2. The number of hydrogen-bond acceptors (Lipinski definition) is 5. The van der Waals surface area contributed by atoms with Crippen molar-refractivity contribution in [3.05, 3.63) is 98.4 Å². The summed E-state index contributed by atoms with van der Waals surface area (Å²) < 4.78 is 11.7. The highest BCUT2D eigenvalue weighted by molar-refractivity contribution is 8.18. The minimum atomic E-state index is -0.468. The minimum Gasteiger partial charge on any atom is -0.490 e. The van der Waals surface area contributed by atoms with Gasteiger partial charge in [0.05, 0.1) is 11.5 Å². The van der Waals surface area contributed by atoms with Crippen molar-refractivity contribution in [2.45, 2.75) is 13.5 Å². The molecule has 35 heavy (non-hydrogen) atoms. The van der Waals surface area contributed by atoms with Gasteiger partial charge in [-0.25, -0.2) is 0 Å². The van der Waals surface area contributed by atoms with Gasteiger partial charge in [0.15, 0.2) is 16.7 Å². The number of rotatable bonds is 7. The van der Waals surface area contributed by atoms with Crippen LogP contribution in [0.3, 0.4) is 0 Å². The number of amides is 2. The summed E-state index contributed by atoms with van der Waals surface area (Å²) >= 11 is 13.2. The molecule has 178 valence electrons. The molecule has 0 aliphatic carbocycles. The van der Waals surface area contributed by atoms with E-state index in [0.29, 0.717) is 45.2 Å². The summed E-state index contributed by atoms with van der Waals surface area (Å²) in [6.07, 6.45) is 1.70. The summed E-state index contributed by atoms with van der Waals surface area (Å²) in [5.41, 5.74) is 1.98. The lowest BCUT2D eigenvalue weighted by atomic mass is 10.2. The molecule has 0 saturated carbocycles. The maximum absolute atomic E-state index is 12.4. The van der Waals surface area contributed by atoms with E-state index in [9.17, 15) is 9.59 Å². The normalized spacial score (nSPS) is 15.3. The van der Waals surface area contributed by atoms with Crippen LogP contribution in [0.15, 0.2) is 76.6 Å². The van der Waals surface area contributed by atoms with E-state index < -0.39 is 5.91 Å². The fraction of sp³-hybridized carbons (Fsp3) is 0.115. The molecule has 0 spiro atoms. The highest BCUT2D eigenvalue weighted by atomic mass is 35.5. The van der Waals surface area contributed by atoms with Crippen molar-refractivity contribution in [1.82, 2.24) is 5.32 Å². The number of nitrogens with zero attached hydrogens (tertiary/aromatic N) is 1. The van der Waals surface area contributed by atoms with Gasteiger partial charge in [0.2, 0.25) is 0 Å². The molecule has 1 N–H and O–H groups in total. The van der Waals surface area contributed by atoms with E-state index in [0.717, 1.165) is 22.9 Å². The Kier molecular flexibility index (Phi) is 8.13. The van der Waals surface area contributed by atoms with Crippen molar-refractivity contribution >= 4 is 58.0 Å². The number of thioether (sulfide) groups is 1. The van der Waals surface area contributed by atoms with Crippen LogP contribution in [0.4, 0.5) is 0 Å². The van der Waals surface area contributed by atoms with Crippen LogP contribution in [0.5, 0.6) is 11.5 Å². The van der Waals surface area contributed by atoms with E-state index in [1.54, 1.807) is 42.5 Å². The van der Waals surface area contributed by atoms with Gasteiger partial charge in [-0.1, -0.05) is 47.5 Å². The molecule has 1 aliphatic rings. The second-order valence-corrected chi connectivity index (χ2v) is 9.19. The number of carbonyl (C=O) groups is 2. The van der Waals surface area contributed by atoms with Crippen LogP contribution in [-0.2, 0) is 11.4 Å². The number of benzene rings is 3. The van der Waals surface area contributed by atoms with E-state index in [-0.39, 0.29) is 11.1 Å². The Hall–Kier alpha value is -3.26. The summed E-state index contributed by atoms with van der Waals surface area (Å²) in [7, 11) is 0. The highest BCUT2D eigenvalue weighted by Crippen LogP contribution is 2.33. The van der Waals surface area contributed by atoms with Gasteiger partial charge < -0.3 is 14.8 Å². The van der Waals surface area contributed by atoms with Crippen molar-refractivity contribution < 1.29 is 19.1 Å². The molecule has 1 fully saturated rings. The third-order valence-corrected chi connectivity index (χ3v) is 6.38. The Bertz CT molecular complexity index is 1320. The topological polar surface area (TPSA) is 77.0 Å². The van der Waals surface area contributed by atoms with Crippen molar-refractivity contribution in [3.63, 3.8) is 0 Å². The minimum absolute atomic E-state index is 0.214. The maximum atomic E-state index is 12.4. The van der Waals surface area contributed by atoms with Gasteiger partial charge >= 0.3 is 0 Å². The number of aliphatic imine (C=N–C) groups is 1. The summed E-state index contributed by atoms with van der Waals surface area (Å²) in [5.74, 6) is 0.302. The summed E-state index contributed by atoms with van der Waals surface area (Å²) in [6.45, 7) is 2.62. The molecule has 3 aromatic carbocycles. The quantitative estimate of drug-likeness (QED) is 0.362. The molecule has 0 unspecified atom stereocenters. The second-order valence-electron chi connectivity index (χ2n) is 7.31. The lowest BCUT2D eigenvalue weighted by Crippen LogP contribution is -2.20. The lowest BCUT2D eigenvalue weighted by Gasteiger charge is -2.13. The molecule has 6 nitrogen and oxygen atoms in total. The van der Waals surface area contributed by atoms with Gasteiger partial charge in [0, 0.05) is 21.2 Å². The number of ether oxygens (including phenoxy) is 2. The van der Waals surface area contributed by atoms with Crippen LogP contribution in [0.1, 0.15) is 28.4 Å². The van der Waals surface area contributed by atoms with Crippen LogP contribution < -0.4 is 14.8 Å². The second kappa shape index (κ2) is 11.4. The van der Waals surface area contributed by atoms with Crippen molar-refractivity contribution in [2.75, 3.05) is 6.61 Å². The predicted octanol–water partition coefficient (Wildman–Crippen LogP) is 6.37. The standard InChI is InChI=1S/C26H20Cl2N2O4S/c1-2-33-22-13-16(7-12-21(22)34-15-18-5-3-4-6-20(18)28)14-23-25(32)30-26(35-23)29-24(31)17-8-10-19(27)11-9-17/h3-14H,2,15H2,1H3,(H,29,30,31,32)/b23-14-. The average molecular weight is 527 g/mol. The first kappa shape index (κ1) is 24.9. The molecule has 1 aliphatic heterocycles. The first-order chi connectivity index (χ1) is 16.9. The Balaban J connectivity index is 1.49. The number of amidine groups is 1. The number of hydrogen-bond donors (Lipinski definition) is 1. The molecule has 1 heterocycles. The molecule has 2 amide bonds. The SMILES string of the molecule is CCOc1cc(/C=C2\SC(=NC(=O)c3ccc(Cl)cc3)NC2=O)ccc1OCc1ccccc1Cl. The first-order valence-corrected chi connectivity index (χ1v) is 12.2. The smallest absolute Gasteiger partial charge is 0.279 e. The van der Waals surface area contributed by atoms with Gasteiger partial charge in [-0.05, 0) is 72.8 Å². The maximum Gasteiger partial charge on any atom is 0.279 e. The van der Waals surface area contributed by atoms with Crippen molar-refractivity contribution in [2.24, 2.45) is 4.99 Å². The fourth-order valence-corrected chi connectivity index (χ4v) is 4.29. The van der Waals surface area contributed by atoms with Crippen molar-refractivity contribution in [1.29, 1.82) is 0 Å². The van der Waals surface area contributed by atoms with Gasteiger partial charge in [-0.2, -0.15) is 4.99 Å². The van der Waals surface area contributed by atoms with Crippen LogP contribution in [0, 0.1) is 0 Å². The Morgan fingerprint density at radius 1 is 1.03 bits per heavy atom. The highest BCUT2D eigenvalue weighted by Gasteiger charge is 2.25. The molecule has 3 aromatic rings. The monoisotopic (exact) mass is 526 g/mol. The van der Waals surface area contributed by atoms with Gasteiger partial charge in [-0.15, -0.1) is 0 Å². The third kappa shape index (κ3) is 6.45. The zero-order valence-corrected chi connectivity index (χ0v) is 20.9. The number of halogens is 2. The van der Waals surface area contributed by atoms with Gasteiger partial charge in [0.1, 0.15) is 6.61 Å². The van der Waals surface area contributed by atoms with Crippen LogP contribution in [0.25, 0.3) is 6.08 Å². The fourth-order valence-electron chi connectivity index (χ4n) is 3.15. The summed E-state index contributed by atoms with van der Waals surface area (Å²) in [5, 5.41) is 3.99. The lowest BCUT2D eigenvalue weighted by molar-refractivity contribution is -0.115. The van der Waals surface area contributed by atoms with E-state index in [1.807, 2.05) is 37.3 Å². The average Bonchev–Trinajstić information content (AvgIpc) is 3.18. The van der Waals surface area contributed by atoms with Gasteiger partial charge in [-0.3, -0.25) is 9.59 Å². The molecule has 4 rings (SSSR count). The zero-order valence-electron chi connectivity index (χ0n) is 18.6. The van der Waals surface area contributed by atoms with E-state index >= 15 is 0 Å². The third-order valence-electron chi connectivity index (χ3n) is 4.85. The molecule has 0 aromatic heterocycles. The molecule has 0 atom stereocenters. The predicted molar refractivity (Wildman–Crippen MR) is 140 cm³/mol. The molecule has 9 heteroatoms. The molecular formula is C26H20Cl2N2O4S. The van der Waals surface area contributed by atoms with Crippen LogP contribution >= 0.6 is 35.0 Å². The molecule has 0 bridgehead atoms. The number of nitrogens with one attached hydrogen (secondary N) is 1. The summed E-state index contributed by atoms with van der Waals surface area (Å²) in [4.78, 5) is 29.2. The van der Waals surface area contributed by atoms with E-state index in [2.05, 4.69) is 10.3 Å². The Labute approximate surface area is 216 Å². The van der Waals surface area contributed by atoms with Crippen molar-refractivity contribution in [3.8, 4) is 11.5 Å².